The van der Waals surface area contributed by atoms with E-state index in [-0.39, 0.29) is 11.7 Å². The van der Waals surface area contributed by atoms with Crippen LogP contribution in [0.25, 0.3) is 0 Å². The Morgan fingerprint density at radius 3 is 3.00 bits per heavy atom. The summed E-state index contributed by atoms with van der Waals surface area (Å²) in [4.78, 5) is 10.5. The highest BCUT2D eigenvalue weighted by Gasteiger charge is 2.21. The number of nitro benzene ring substituents is 1. The van der Waals surface area contributed by atoms with Gasteiger partial charge in [0.25, 0.3) is 5.69 Å². The number of nitrogens with zero attached hydrogens (tertiary/aromatic N) is 1. The normalized spacial score (nSPS) is 19.9. The van der Waals surface area contributed by atoms with Crippen molar-refractivity contribution in [2.75, 3.05) is 16.8 Å². The number of halogens is 1. The largest absolute Gasteiger partial charge is 0.375 e. The Kier molecular flexibility index (Phi) is 4.12. The molecule has 0 radical (unpaired) electrons. The Hall–Kier alpha value is -0.940. The third kappa shape index (κ3) is 3.04. The maximum atomic E-state index is 10.9. The Morgan fingerprint density at radius 2 is 2.35 bits per heavy atom. The molecule has 1 fully saturated rings. The minimum Gasteiger partial charge on any atom is -0.375 e. The Morgan fingerprint density at radius 1 is 1.53 bits per heavy atom. The van der Waals surface area contributed by atoms with Gasteiger partial charge in [0.05, 0.1) is 9.95 Å². The summed E-state index contributed by atoms with van der Waals surface area (Å²) in [7, 11) is 0. The maximum Gasteiger partial charge on any atom is 0.293 e. The zero-order chi connectivity index (χ0) is 12.3. The molecular weight excluding hydrogens is 260 g/mol. The first-order chi connectivity index (χ1) is 8.18. The average Bonchev–Trinajstić information content (AvgIpc) is 2.33. The number of rotatable bonds is 3. The van der Waals surface area contributed by atoms with E-state index >= 15 is 0 Å². The maximum absolute atomic E-state index is 10.9. The van der Waals surface area contributed by atoms with Crippen LogP contribution >= 0.6 is 23.4 Å². The van der Waals surface area contributed by atoms with Gasteiger partial charge < -0.3 is 5.32 Å². The number of hydrogen-bond donors (Lipinski definition) is 1. The molecule has 0 aromatic heterocycles. The lowest BCUT2D eigenvalue weighted by atomic mass is 10.1. The van der Waals surface area contributed by atoms with Crippen LogP contribution in [0.5, 0.6) is 0 Å². The molecule has 4 nitrogen and oxygen atoms in total. The second-order valence-corrected chi connectivity index (χ2v) is 5.51. The lowest BCUT2D eigenvalue weighted by Crippen LogP contribution is -2.26. The van der Waals surface area contributed by atoms with Gasteiger partial charge in [-0.25, -0.2) is 0 Å². The Labute approximate surface area is 109 Å². The van der Waals surface area contributed by atoms with E-state index in [1.807, 2.05) is 11.8 Å². The highest BCUT2D eigenvalue weighted by molar-refractivity contribution is 7.99. The van der Waals surface area contributed by atoms with Gasteiger partial charge in [-0.15, -0.1) is 0 Å². The van der Waals surface area contributed by atoms with Crippen LogP contribution in [-0.4, -0.2) is 22.5 Å². The van der Waals surface area contributed by atoms with E-state index in [1.54, 1.807) is 12.1 Å². The summed E-state index contributed by atoms with van der Waals surface area (Å²) in [6.45, 7) is 0. The van der Waals surface area contributed by atoms with Crippen LogP contribution < -0.4 is 5.32 Å². The molecule has 1 saturated heterocycles. The minimum absolute atomic E-state index is 0.0491. The van der Waals surface area contributed by atoms with Gasteiger partial charge in [0.1, 0.15) is 5.69 Å². The van der Waals surface area contributed by atoms with Crippen molar-refractivity contribution in [2.24, 2.45) is 0 Å². The summed E-state index contributed by atoms with van der Waals surface area (Å²) in [6.07, 6.45) is 2.18. The molecule has 17 heavy (non-hydrogen) atoms. The predicted octanol–water partition coefficient (Wildman–Crippen LogP) is 3.56. The molecule has 1 unspecified atom stereocenters. The predicted molar refractivity (Wildman–Crippen MR) is 72.1 cm³/mol. The number of benzene rings is 1. The molecule has 2 rings (SSSR count). The fourth-order valence-corrected chi connectivity index (χ4v) is 3.16. The van der Waals surface area contributed by atoms with E-state index in [1.165, 1.54) is 11.8 Å². The van der Waals surface area contributed by atoms with Crippen molar-refractivity contribution in [1.29, 1.82) is 0 Å². The summed E-state index contributed by atoms with van der Waals surface area (Å²) in [5.41, 5.74) is 0.500. The van der Waals surface area contributed by atoms with Crippen molar-refractivity contribution < 1.29 is 4.92 Å². The van der Waals surface area contributed by atoms with Gasteiger partial charge >= 0.3 is 0 Å². The van der Waals surface area contributed by atoms with E-state index in [0.717, 1.165) is 18.6 Å². The van der Waals surface area contributed by atoms with Crippen LogP contribution in [0.3, 0.4) is 0 Å². The first kappa shape index (κ1) is 12.5. The molecule has 1 aromatic rings. The summed E-state index contributed by atoms with van der Waals surface area (Å²) < 4.78 is 0. The van der Waals surface area contributed by atoms with Gasteiger partial charge in [-0.2, -0.15) is 11.8 Å². The zero-order valence-corrected chi connectivity index (χ0v) is 10.8. The fraction of sp³-hybridized carbons (Fsp3) is 0.455. The minimum atomic E-state index is -0.399. The molecule has 0 aliphatic carbocycles. The number of para-hydroxylation sites is 1. The van der Waals surface area contributed by atoms with Crippen molar-refractivity contribution >= 4 is 34.7 Å². The van der Waals surface area contributed by atoms with Gasteiger partial charge in [0.2, 0.25) is 0 Å². The summed E-state index contributed by atoms with van der Waals surface area (Å²) >= 11 is 7.89. The van der Waals surface area contributed by atoms with E-state index in [4.69, 9.17) is 11.6 Å². The first-order valence-corrected chi connectivity index (χ1v) is 6.99. The summed E-state index contributed by atoms with van der Waals surface area (Å²) in [5.74, 6) is 2.14. The number of hydrogen-bond acceptors (Lipinski definition) is 4. The Bertz CT molecular complexity index is 422. The number of thioether (sulfide) groups is 1. The summed E-state index contributed by atoms with van der Waals surface area (Å²) in [6, 6.07) is 5.02. The van der Waals surface area contributed by atoms with E-state index < -0.39 is 4.92 Å². The van der Waals surface area contributed by atoms with Crippen molar-refractivity contribution in [3.8, 4) is 0 Å². The third-order valence-corrected chi connectivity index (χ3v) is 4.23. The first-order valence-electron chi connectivity index (χ1n) is 5.45. The molecule has 1 aromatic carbocycles. The SMILES string of the molecule is O=[N+]([O-])c1cccc(Cl)c1NC1CCCSC1. The number of nitrogens with one attached hydrogen (secondary N) is 1. The average molecular weight is 273 g/mol. The van der Waals surface area contributed by atoms with E-state index in [9.17, 15) is 10.1 Å². The van der Waals surface area contributed by atoms with Crippen LogP contribution in [0, 0.1) is 10.1 Å². The van der Waals surface area contributed by atoms with Gasteiger partial charge in [0, 0.05) is 17.9 Å². The highest BCUT2D eigenvalue weighted by Crippen LogP contribution is 2.33. The molecule has 0 spiro atoms. The number of nitro groups is 1. The fourth-order valence-electron chi connectivity index (χ4n) is 1.87. The van der Waals surface area contributed by atoms with Crippen LogP contribution in [0.4, 0.5) is 11.4 Å². The lowest BCUT2D eigenvalue weighted by Gasteiger charge is -2.23. The molecule has 1 aliphatic heterocycles. The molecule has 6 heteroatoms. The van der Waals surface area contributed by atoms with Gasteiger partial charge in [-0.05, 0) is 24.7 Å². The monoisotopic (exact) mass is 272 g/mol. The molecule has 0 amide bonds. The third-order valence-electron chi connectivity index (χ3n) is 2.70. The van der Waals surface area contributed by atoms with Gasteiger partial charge in [-0.3, -0.25) is 10.1 Å². The Balaban J connectivity index is 2.21. The molecule has 1 aliphatic rings. The molecule has 1 atom stereocenters. The standard InChI is InChI=1S/C11H13ClN2O2S/c12-9-4-1-5-10(14(15)16)11(9)13-8-3-2-6-17-7-8/h1,4-5,8,13H,2-3,6-7H2. The van der Waals surface area contributed by atoms with Crippen molar-refractivity contribution in [3.05, 3.63) is 33.3 Å². The van der Waals surface area contributed by atoms with Crippen molar-refractivity contribution in [1.82, 2.24) is 0 Å². The lowest BCUT2D eigenvalue weighted by molar-refractivity contribution is -0.384. The highest BCUT2D eigenvalue weighted by atomic mass is 35.5. The second-order valence-electron chi connectivity index (χ2n) is 3.95. The zero-order valence-electron chi connectivity index (χ0n) is 9.19. The van der Waals surface area contributed by atoms with Gasteiger partial charge in [0.15, 0.2) is 0 Å². The molecule has 1 heterocycles. The van der Waals surface area contributed by atoms with Crippen LogP contribution in [-0.2, 0) is 0 Å². The second kappa shape index (κ2) is 5.60. The quantitative estimate of drug-likeness (QED) is 0.675. The molecule has 1 N–H and O–H groups in total. The van der Waals surface area contributed by atoms with E-state index in [0.29, 0.717) is 10.7 Å². The smallest absolute Gasteiger partial charge is 0.293 e. The van der Waals surface area contributed by atoms with Crippen molar-refractivity contribution in [3.63, 3.8) is 0 Å². The molecule has 0 bridgehead atoms. The van der Waals surface area contributed by atoms with Gasteiger partial charge in [-0.1, -0.05) is 17.7 Å². The van der Waals surface area contributed by atoms with Crippen molar-refractivity contribution in [2.45, 2.75) is 18.9 Å². The molecular formula is C11H13ClN2O2S. The molecule has 0 saturated carbocycles. The van der Waals surface area contributed by atoms with Crippen LogP contribution in [0.2, 0.25) is 5.02 Å². The topological polar surface area (TPSA) is 55.2 Å². The molecule has 92 valence electrons. The summed E-state index contributed by atoms with van der Waals surface area (Å²) in [5, 5.41) is 14.5. The van der Waals surface area contributed by atoms with Crippen LogP contribution in [0.15, 0.2) is 18.2 Å². The number of anilines is 1. The van der Waals surface area contributed by atoms with E-state index in [2.05, 4.69) is 5.32 Å². The van der Waals surface area contributed by atoms with Crippen LogP contribution in [0.1, 0.15) is 12.8 Å².